The van der Waals surface area contributed by atoms with Gasteiger partial charge in [-0.25, -0.2) is 0 Å². The molecule has 35 heavy (non-hydrogen) atoms. The highest BCUT2D eigenvalue weighted by atomic mass is 32.1. The molecule has 1 aromatic heterocycles. The Bertz CT molecular complexity index is 1250. The Balaban J connectivity index is 1.52. The van der Waals surface area contributed by atoms with Crippen molar-refractivity contribution in [3.05, 3.63) is 88.1 Å². The average Bonchev–Trinajstić information content (AvgIpc) is 3.29. The van der Waals surface area contributed by atoms with E-state index >= 15 is 0 Å². The summed E-state index contributed by atoms with van der Waals surface area (Å²) in [5.74, 6) is -1.14. The average molecular weight is 489 g/mol. The second-order valence-electron chi connectivity index (χ2n) is 9.06. The number of ether oxygens (including phenoxy) is 1. The molecule has 4 rings (SSSR count). The molecule has 0 radical (unpaired) electrons. The minimum absolute atomic E-state index is 0.00204. The van der Waals surface area contributed by atoms with E-state index in [2.05, 4.69) is 68.1 Å². The minimum Gasteiger partial charge on any atom is -0.481 e. The highest BCUT2D eigenvalue weighted by Crippen LogP contribution is 2.38. The standard InChI is InChI=1S/C29H32N2O3S/c1-5-23-16-31(4)17-25(30-23)24(15-27(32)33)26-12-13-28(35-26)34-18-21-10-7-11-22(14-21)29-19(2)8-6-9-20(29)3/h6-14,17,24H,5,15-16,18H2,1-4H3,(H,32,33). The van der Waals surface area contributed by atoms with Gasteiger partial charge in [-0.15, -0.1) is 11.3 Å². The van der Waals surface area contributed by atoms with E-state index < -0.39 is 5.97 Å². The first-order chi connectivity index (χ1) is 16.8. The number of carboxylic acids is 1. The Morgan fingerprint density at radius 2 is 1.89 bits per heavy atom. The number of hydrogen-bond acceptors (Lipinski definition) is 5. The summed E-state index contributed by atoms with van der Waals surface area (Å²) < 4.78 is 6.14. The van der Waals surface area contributed by atoms with Crippen LogP contribution in [0.25, 0.3) is 11.1 Å². The van der Waals surface area contributed by atoms with Crippen LogP contribution in [0.3, 0.4) is 0 Å². The molecule has 0 fully saturated rings. The maximum Gasteiger partial charge on any atom is 0.304 e. The van der Waals surface area contributed by atoms with Crippen LogP contribution >= 0.6 is 11.3 Å². The number of aliphatic imine (C=N–C) groups is 1. The first kappa shape index (κ1) is 24.7. The van der Waals surface area contributed by atoms with Gasteiger partial charge in [-0.05, 0) is 66.3 Å². The molecule has 2 aromatic carbocycles. The van der Waals surface area contributed by atoms with E-state index in [0.29, 0.717) is 6.61 Å². The number of thiophene rings is 1. The minimum atomic E-state index is -0.837. The third-order valence-corrected chi connectivity index (χ3v) is 7.35. The van der Waals surface area contributed by atoms with Crippen LogP contribution in [0, 0.1) is 13.8 Å². The van der Waals surface area contributed by atoms with Gasteiger partial charge >= 0.3 is 5.97 Å². The maximum absolute atomic E-state index is 11.7. The molecular formula is C29H32N2O3S. The van der Waals surface area contributed by atoms with Crippen molar-refractivity contribution in [2.24, 2.45) is 4.99 Å². The molecule has 6 heteroatoms. The van der Waals surface area contributed by atoms with Gasteiger partial charge in [0.25, 0.3) is 0 Å². The summed E-state index contributed by atoms with van der Waals surface area (Å²) >= 11 is 1.50. The largest absolute Gasteiger partial charge is 0.481 e. The lowest BCUT2D eigenvalue weighted by Crippen LogP contribution is -2.26. The number of carboxylic acid groups (broad SMARTS) is 1. The lowest BCUT2D eigenvalue weighted by molar-refractivity contribution is -0.137. The highest BCUT2D eigenvalue weighted by Gasteiger charge is 2.25. The van der Waals surface area contributed by atoms with Crippen molar-refractivity contribution < 1.29 is 14.6 Å². The number of carbonyl (C=O) groups is 1. The first-order valence-corrected chi connectivity index (χ1v) is 12.7. The zero-order valence-corrected chi connectivity index (χ0v) is 21.6. The van der Waals surface area contributed by atoms with E-state index in [4.69, 9.17) is 9.73 Å². The van der Waals surface area contributed by atoms with Gasteiger partial charge in [-0.3, -0.25) is 9.79 Å². The summed E-state index contributed by atoms with van der Waals surface area (Å²) in [4.78, 5) is 19.5. The molecule has 1 aliphatic heterocycles. The summed E-state index contributed by atoms with van der Waals surface area (Å²) in [6.45, 7) is 7.58. The van der Waals surface area contributed by atoms with Crippen molar-refractivity contribution in [2.45, 2.75) is 46.1 Å². The fourth-order valence-corrected chi connectivity index (χ4v) is 5.50. The van der Waals surface area contributed by atoms with E-state index in [9.17, 15) is 9.90 Å². The van der Waals surface area contributed by atoms with Crippen molar-refractivity contribution >= 4 is 23.0 Å². The van der Waals surface area contributed by atoms with Gasteiger partial charge in [0.15, 0.2) is 5.06 Å². The molecule has 0 bridgehead atoms. The van der Waals surface area contributed by atoms with E-state index in [1.807, 2.05) is 25.4 Å². The van der Waals surface area contributed by atoms with Crippen LogP contribution in [0.4, 0.5) is 0 Å². The molecule has 0 saturated carbocycles. The zero-order chi connectivity index (χ0) is 24.9. The van der Waals surface area contributed by atoms with E-state index in [1.165, 1.54) is 33.6 Å². The van der Waals surface area contributed by atoms with Crippen molar-refractivity contribution in [3.63, 3.8) is 0 Å². The van der Waals surface area contributed by atoms with Gasteiger partial charge in [0, 0.05) is 29.8 Å². The Morgan fingerprint density at radius 1 is 1.14 bits per heavy atom. The van der Waals surface area contributed by atoms with Crippen molar-refractivity contribution in [1.29, 1.82) is 0 Å². The van der Waals surface area contributed by atoms with Gasteiger partial charge in [0.2, 0.25) is 0 Å². The van der Waals surface area contributed by atoms with Crippen LogP contribution in [0.15, 0.2) is 71.5 Å². The monoisotopic (exact) mass is 488 g/mol. The van der Waals surface area contributed by atoms with Crippen molar-refractivity contribution in [3.8, 4) is 16.2 Å². The van der Waals surface area contributed by atoms with Crippen LogP contribution < -0.4 is 4.74 Å². The Kier molecular flexibility index (Phi) is 7.71. The second-order valence-corrected chi connectivity index (χ2v) is 10.1. The van der Waals surface area contributed by atoms with Gasteiger partial charge in [0.05, 0.1) is 18.7 Å². The summed E-state index contributed by atoms with van der Waals surface area (Å²) in [5, 5.41) is 10.3. The van der Waals surface area contributed by atoms with Crippen LogP contribution in [0.5, 0.6) is 5.06 Å². The molecule has 2 heterocycles. The third-order valence-electron chi connectivity index (χ3n) is 6.24. The number of nitrogens with zero attached hydrogens (tertiary/aromatic N) is 2. The molecule has 0 saturated heterocycles. The maximum atomic E-state index is 11.7. The van der Waals surface area contributed by atoms with Gasteiger partial charge in [0.1, 0.15) is 6.61 Å². The fourth-order valence-electron chi connectivity index (χ4n) is 4.53. The lowest BCUT2D eigenvalue weighted by atomic mass is 9.95. The summed E-state index contributed by atoms with van der Waals surface area (Å²) in [6, 6.07) is 18.7. The fraction of sp³-hybridized carbons (Fsp3) is 0.310. The van der Waals surface area contributed by atoms with Crippen molar-refractivity contribution in [1.82, 2.24) is 4.90 Å². The van der Waals surface area contributed by atoms with Crippen LogP contribution in [0.2, 0.25) is 0 Å². The van der Waals surface area contributed by atoms with E-state index in [-0.39, 0.29) is 12.3 Å². The third kappa shape index (κ3) is 6.01. The van der Waals surface area contributed by atoms with E-state index in [1.54, 1.807) is 0 Å². The molecule has 1 N–H and O–H groups in total. The summed E-state index contributed by atoms with van der Waals surface area (Å²) in [7, 11) is 2.00. The predicted molar refractivity (Wildman–Crippen MR) is 143 cm³/mol. The molecule has 182 valence electrons. The molecule has 1 aliphatic rings. The number of rotatable bonds is 9. The molecule has 0 aliphatic carbocycles. The Hall–Kier alpha value is -3.38. The molecular weight excluding hydrogens is 456 g/mol. The molecule has 1 unspecified atom stereocenters. The number of allylic oxidation sites excluding steroid dienone is 1. The van der Waals surface area contributed by atoms with Gasteiger partial charge in [-0.1, -0.05) is 43.3 Å². The number of aryl methyl sites for hydroxylation is 2. The summed E-state index contributed by atoms with van der Waals surface area (Å²) in [5.41, 5.74) is 7.93. The Labute approximate surface area is 211 Å². The molecule has 5 nitrogen and oxygen atoms in total. The predicted octanol–water partition coefficient (Wildman–Crippen LogP) is 6.81. The van der Waals surface area contributed by atoms with Gasteiger partial charge < -0.3 is 14.7 Å². The number of hydrogen-bond donors (Lipinski definition) is 1. The normalized spacial score (nSPS) is 14.3. The smallest absolute Gasteiger partial charge is 0.304 e. The quantitative estimate of drug-likeness (QED) is 0.359. The van der Waals surface area contributed by atoms with E-state index in [0.717, 1.165) is 39.9 Å². The van der Waals surface area contributed by atoms with Crippen LogP contribution in [0.1, 0.15) is 47.3 Å². The van der Waals surface area contributed by atoms with Crippen LogP contribution in [-0.2, 0) is 11.4 Å². The molecule has 1 atom stereocenters. The summed E-state index contributed by atoms with van der Waals surface area (Å²) in [6.07, 6.45) is 2.81. The lowest BCUT2D eigenvalue weighted by Gasteiger charge is -2.25. The first-order valence-electron chi connectivity index (χ1n) is 11.9. The van der Waals surface area contributed by atoms with Crippen LogP contribution in [-0.4, -0.2) is 35.3 Å². The van der Waals surface area contributed by atoms with Gasteiger partial charge in [-0.2, -0.15) is 0 Å². The zero-order valence-electron chi connectivity index (χ0n) is 20.7. The molecule has 3 aromatic rings. The number of aliphatic carboxylic acids is 1. The SMILES string of the molecule is CCC1=NC(C(CC(=O)O)c2ccc(OCc3cccc(-c4c(C)cccc4C)c3)s2)=CN(C)C1. The topological polar surface area (TPSA) is 62.1 Å². The molecule has 0 spiro atoms. The highest BCUT2D eigenvalue weighted by molar-refractivity contribution is 7.13. The second kappa shape index (κ2) is 10.9. The molecule has 0 amide bonds. The number of benzene rings is 2. The van der Waals surface area contributed by atoms with Crippen molar-refractivity contribution in [2.75, 3.05) is 13.6 Å². The Morgan fingerprint density at radius 3 is 2.60 bits per heavy atom.